The number of rotatable bonds is 9. The molecule has 0 saturated heterocycles. The number of aryl methyl sites for hydroxylation is 1. The van der Waals surface area contributed by atoms with Crippen LogP contribution in [0.3, 0.4) is 0 Å². The van der Waals surface area contributed by atoms with Gasteiger partial charge in [0.05, 0.1) is 18.5 Å². The molecule has 2 heterocycles. The molecule has 0 radical (unpaired) electrons. The number of carbonyl (C=O) groups is 1. The molecule has 8 nitrogen and oxygen atoms in total. The van der Waals surface area contributed by atoms with Gasteiger partial charge in [0.25, 0.3) is 0 Å². The quantitative estimate of drug-likeness (QED) is 0.347. The topological polar surface area (TPSA) is 107 Å². The maximum Gasteiger partial charge on any atom is 0.249 e. The zero-order chi connectivity index (χ0) is 24.9. The number of nitrogens with zero attached hydrogens (tertiary/aromatic N) is 4. The number of unbranched alkanes of at least 4 members (excludes halogenated alkanes) is 2. The average Bonchev–Trinajstić information content (AvgIpc) is 3.18. The molecule has 0 fully saturated rings. The van der Waals surface area contributed by atoms with Gasteiger partial charge in [0.2, 0.25) is 5.91 Å². The second-order valence-corrected chi connectivity index (χ2v) is 8.78. The molecule has 9 heteroatoms. The third-order valence-corrected chi connectivity index (χ3v) is 6.21. The van der Waals surface area contributed by atoms with Crippen LogP contribution in [-0.2, 0) is 4.79 Å². The van der Waals surface area contributed by atoms with E-state index < -0.39 is 6.04 Å². The minimum atomic E-state index is -0.732. The van der Waals surface area contributed by atoms with Crippen LogP contribution in [0.2, 0.25) is 5.02 Å². The fourth-order valence-electron chi connectivity index (χ4n) is 4.09. The number of methoxy groups -OCH3 is 1. The summed E-state index contributed by atoms with van der Waals surface area (Å²) in [5, 5.41) is 12.3. The molecule has 3 aromatic rings. The molecule has 182 valence electrons. The van der Waals surface area contributed by atoms with Crippen LogP contribution < -0.4 is 15.8 Å². The van der Waals surface area contributed by atoms with Gasteiger partial charge in [-0.1, -0.05) is 36.7 Å². The van der Waals surface area contributed by atoms with E-state index in [1.807, 2.05) is 54.0 Å². The third-order valence-electron chi connectivity index (χ3n) is 5.96. The highest BCUT2D eigenvalue weighted by atomic mass is 35.5. The summed E-state index contributed by atoms with van der Waals surface area (Å²) in [4.78, 5) is 18.1. The third kappa shape index (κ3) is 5.13. The molecular weight excluding hydrogens is 464 g/mol. The number of aromatic nitrogens is 3. The van der Waals surface area contributed by atoms with Gasteiger partial charge in [0.15, 0.2) is 5.82 Å². The van der Waals surface area contributed by atoms with Crippen LogP contribution in [0.1, 0.15) is 48.1 Å². The van der Waals surface area contributed by atoms with Crippen molar-refractivity contribution in [3.8, 4) is 11.4 Å². The number of benzene rings is 2. The Labute approximate surface area is 209 Å². The molecule has 0 spiro atoms. The van der Waals surface area contributed by atoms with Gasteiger partial charge in [-0.05, 0) is 56.6 Å². The highest BCUT2D eigenvalue weighted by Crippen LogP contribution is 2.35. The van der Waals surface area contributed by atoms with Crippen molar-refractivity contribution in [2.45, 2.75) is 32.2 Å². The Morgan fingerprint density at radius 3 is 2.66 bits per heavy atom. The Hall–Kier alpha value is -3.49. The number of ether oxygens (including phenoxy) is 1. The van der Waals surface area contributed by atoms with Crippen LogP contribution in [0, 0.1) is 6.92 Å². The molecule has 0 saturated carbocycles. The lowest BCUT2D eigenvalue weighted by molar-refractivity contribution is -0.117. The first-order valence-corrected chi connectivity index (χ1v) is 11.9. The second kappa shape index (κ2) is 10.8. The number of aliphatic imine (C=N–C) groups is 1. The molecule has 1 aliphatic heterocycles. The minimum Gasteiger partial charge on any atom is -0.497 e. The van der Waals surface area contributed by atoms with Crippen LogP contribution in [0.15, 0.2) is 59.6 Å². The molecule has 4 rings (SSSR count). The molecule has 35 heavy (non-hydrogen) atoms. The second-order valence-electron chi connectivity index (χ2n) is 8.34. The molecular formula is C26H29ClN6O2. The lowest BCUT2D eigenvalue weighted by Gasteiger charge is -2.15. The van der Waals surface area contributed by atoms with Crippen molar-refractivity contribution in [1.29, 1.82) is 0 Å². The molecule has 3 N–H and O–H groups in total. The van der Waals surface area contributed by atoms with Gasteiger partial charge >= 0.3 is 0 Å². The van der Waals surface area contributed by atoms with Crippen molar-refractivity contribution in [2.24, 2.45) is 10.7 Å². The van der Waals surface area contributed by atoms with Crippen molar-refractivity contribution < 1.29 is 9.53 Å². The summed E-state index contributed by atoms with van der Waals surface area (Å²) in [5.74, 6) is 1.63. The van der Waals surface area contributed by atoms with E-state index in [1.165, 1.54) is 0 Å². The Bertz CT molecular complexity index is 1270. The minimum absolute atomic E-state index is 0.266. The Kier molecular flexibility index (Phi) is 7.63. The zero-order valence-corrected chi connectivity index (χ0v) is 20.7. The van der Waals surface area contributed by atoms with Gasteiger partial charge in [0, 0.05) is 28.3 Å². The number of halogens is 1. The largest absolute Gasteiger partial charge is 0.497 e. The van der Waals surface area contributed by atoms with Crippen LogP contribution in [0.5, 0.6) is 5.75 Å². The lowest BCUT2D eigenvalue weighted by atomic mass is 9.99. The van der Waals surface area contributed by atoms with Gasteiger partial charge in [-0.2, -0.15) is 0 Å². The predicted octanol–water partition coefficient (Wildman–Crippen LogP) is 3.93. The van der Waals surface area contributed by atoms with E-state index in [0.717, 1.165) is 36.1 Å². The number of nitrogens with one attached hydrogen (secondary N) is 1. The Morgan fingerprint density at radius 2 is 1.94 bits per heavy atom. The fraction of sp³-hybridized carbons (Fsp3) is 0.308. The monoisotopic (exact) mass is 492 g/mol. The van der Waals surface area contributed by atoms with Crippen LogP contribution in [0.4, 0.5) is 0 Å². The molecule has 0 unspecified atom stereocenters. The van der Waals surface area contributed by atoms with Crippen molar-refractivity contribution in [2.75, 3.05) is 20.2 Å². The number of hydrogen-bond donors (Lipinski definition) is 2. The zero-order valence-electron chi connectivity index (χ0n) is 19.9. The predicted molar refractivity (Wildman–Crippen MR) is 138 cm³/mol. The number of amides is 1. The summed E-state index contributed by atoms with van der Waals surface area (Å²) in [5.41, 5.74) is 9.05. The van der Waals surface area contributed by atoms with E-state index in [0.29, 0.717) is 46.8 Å². The van der Waals surface area contributed by atoms with Crippen molar-refractivity contribution in [3.63, 3.8) is 0 Å². The van der Waals surface area contributed by atoms with Gasteiger partial charge < -0.3 is 15.8 Å². The Balaban J connectivity index is 1.80. The van der Waals surface area contributed by atoms with E-state index in [1.54, 1.807) is 7.11 Å². The molecule has 0 aliphatic carbocycles. The highest BCUT2D eigenvalue weighted by Gasteiger charge is 2.32. The van der Waals surface area contributed by atoms with Crippen molar-refractivity contribution in [3.05, 3.63) is 82.4 Å². The smallest absolute Gasteiger partial charge is 0.249 e. The van der Waals surface area contributed by atoms with Crippen LogP contribution in [-0.4, -0.2) is 46.6 Å². The maximum atomic E-state index is 13.1. The summed E-state index contributed by atoms with van der Waals surface area (Å²) in [6, 6.07) is 12.5. The summed E-state index contributed by atoms with van der Waals surface area (Å²) in [6.07, 6.45) is 2.73. The van der Waals surface area contributed by atoms with Crippen molar-refractivity contribution >= 4 is 23.2 Å². The molecule has 2 aromatic carbocycles. The highest BCUT2D eigenvalue weighted by molar-refractivity contribution is 6.30. The summed E-state index contributed by atoms with van der Waals surface area (Å²) < 4.78 is 7.42. The number of hydrogen-bond acceptors (Lipinski definition) is 6. The van der Waals surface area contributed by atoms with Gasteiger partial charge in [0.1, 0.15) is 17.6 Å². The maximum absolute atomic E-state index is 13.1. The first kappa shape index (κ1) is 24.6. The van der Waals surface area contributed by atoms with Gasteiger partial charge in [-0.15, -0.1) is 10.2 Å². The molecule has 1 atom stereocenters. The van der Waals surface area contributed by atoms with E-state index in [4.69, 9.17) is 27.1 Å². The molecule has 1 aliphatic rings. The van der Waals surface area contributed by atoms with Crippen LogP contribution >= 0.6 is 11.6 Å². The number of fused-ring (bicyclic) bond motifs is 3. The molecule has 1 amide bonds. The van der Waals surface area contributed by atoms with Gasteiger partial charge in [-0.25, -0.2) is 0 Å². The summed E-state index contributed by atoms with van der Waals surface area (Å²) in [7, 11) is 1.62. The average molecular weight is 493 g/mol. The number of nitrogens with two attached hydrogens (primary N) is 1. The first-order valence-electron chi connectivity index (χ1n) is 11.6. The Morgan fingerprint density at radius 1 is 1.17 bits per heavy atom. The lowest BCUT2D eigenvalue weighted by Crippen LogP contribution is -2.28. The fourth-order valence-corrected chi connectivity index (χ4v) is 4.22. The summed E-state index contributed by atoms with van der Waals surface area (Å²) >= 11 is 6.15. The van der Waals surface area contributed by atoms with Crippen molar-refractivity contribution in [1.82, 2.24) is 20.1 Å². The summed E-state index contributed by atoms with van der Waals surface area (Å²) in [6.45, 7) is 7.17. The molecule has 0 bridgehead atoms. The normalized spacial score (nSPS) is 14.4. The van der Waals surface area contributed by atoms with E-state index in [2.05, 4.69) is 22.1 Å². The number of carbonyl (C=O) groups excluding carboxylic acids is 1. The SMILES string of the molecule is C=C(C(=O)NCCCCCN)[C@@H]1N=C(c2ccc(Cl)cc2)c2cc(OC)ccc2-n2c(C)nnc21. The van der Waals surface area contributed by atoms with E-state index >= 15 is 0 Å². The van der Waals surface area contributed by atoms with Crippen LogP contribution in [0.25, 0.3) is 5.69 Å². The van der Waals surface area contributed by atoms with E-state index in [9.17, 15) is 4.79 Å². The van der Waals surface area contributed by atoms with Gasteiger partial charge in [-0.3, -0.25) is 14.4 Å². The van der Waals surface area contributed by atoms with E-state index in [-0.39, 0.29) is 5.91 Å². The standard InChI is InChI=1S/C26H29ClN6O2/c1-16(26(34)29-14-6-4-5-13-28)23-25-32-31-17(2)33(25)22-12-11-20(35-3)15-21(22)24(30-23)18-7-9-19(27)10-8-18/h7-12,15,23H,1,4-6,13-14,28H2,2-3H3,(H,29,34)/t23-/m0/s1. The molecule has 1 aromatic heterocycles. The first-order chi connectivity index (χ1) is 16.9.